The standard InChI is InChI=1S/C10H14O3/c1-3-13-7(2)8-4-5-9(11)10(12)6-8/h4-7,11-12H,3H2,1-2H3. The van der Waals surface area contributed by atoms with Crippen LogP contribution < -0.4 is 0 Å². The lowest BCUT2D eigenvalue weighted by Gasteiger charge is -2.12. The van der Waals surface area contributed by atoms with E-state index in [1.165, 1.54) is 12.1 Å². The van der Waals surface area contributed by atoms with Crippen molar-refractivity contribution in [2.75, 3.05) is 6.61 Å². The van der Waals surface area contributed by atoms with Crippen molar-refractivity contribution < 1.29 is 14.9 Å². The van der Waals surface area contributed by atoms with Crippen LogP contribution in [0.2, 0.25) is 0 Å². The van der Waals surface area contributed by atoms with Gasteiger partial charge in [0.15, 0.2) is 11.5 Å². The Balaban J connectivity index is 2.84. The molecule has 0 bridgehead atoms. The predicted octanol–water partition coefficient (Wildman–Crippen LogP) is 2.20. The topological polar surface area (TPSA) is 49.7 Å². The summed E-state index contributed by atoms with van der Waals surface area (Å²) in [6.45, 7) is 4.44. The van der Waals surface area contributed by atoms with Crippen molar-refractivity contribution in [2.45, 2.75) is 20.0 Å². The lowest BCUT2D eigenvalue weighted by molar-refractivity contribution is 0.0762. The van der Waals surface area contributed by atoms with E-state index in [2.05, 4.69) is 0 Å². The average molecular weight is 182 g/mol. The molecule has 0 aliphatic heterocycles. The molecule has 1 aromatic rings. The van der Waals surface area contributed by atoms with Crippen LogP contribution in [0.1, 0.15) is 25.5 Å². The third kappa shape index (κ3) is 2.36. The van der Waals surface area contributed by atoms with E-state index in [9.17, 15) is 5.11 Å². The van der Waals surface area contributed by atoms with Crippen molar-refractivity contribution in [2.24, 2.45) is 0 Å². The molecule has 13 heavy (non-hydrogen) atoms. The van der Waals surface area contributed by atoms with Gasteiger partial charge < -0.3 is 14.9 Å². The molecule has 0 saturated heterocycles. The highest BCUT2D eigenvalue weighted by atomic mass is 16.5. The fraction of sp³-hybridized carbons (Fsp3) is 0.400. The third-order valence-electron chi connectivity index (χ3n) is 1.89. The second-order valence-electron chi connectivity index (χ2n) is 2.85. The minimum Gasteiger partial charge on any atom is -0.504 e. The lowest BCUT2D eigenvalue weighted by Crippen LogP contribution is -1.98. The fourth-order valence-electron chi connectivity index (χ4n) is 1.14. The molecule has 72 valence electrons. The quantitative estimate of drug-likeness (QED) is 0.704. The SMILES string of the molecule is CCOC(C)c1ccc(O)c(O)c1. The van der Waals surface area contributed by atoms with Gasteiger partial charge in [-0.2, -0.15) is 0 Å². The molecule has 3 nitrogen and oxygen atoms in total. The van der Waals surface area contributed by atoms with Crippen LogP contribution in [0.5, 0.6) is 11.5 Å². The molecule has 0 amide bonds. The molecule has 0 aliphatic carbocycles. The maximum Gasteiger partial charge on any atom is 0.157 e. The summed E-state index contributed by atoms with van der Waals surface area (Å²) >= 11 is 0. The second-order valence-corrected chi connectivity index (χ2v) is 2.85. The van der Waals surface area contributed by atoms with E-state index in [0.717, 1.165) is 5.56 Å². The molecule has 1 rings (SSSR count). The highest BCUT2D eigenvalue weighted by Gasteiger charge is 2.07. The van der Waals surface area contributed by atoms with Crippen LogP contribution in [-0.2, 0) is 4.74 Å². The number of ether oxygens (including phenoxy) is 1. The summed E-state index contributed by atoms with van der Waals surface area (Å²) in [5.74, 6) is -0.212. The monoisotopic (exact) mass is 182 g/mol. The summed E-state index contributed by atoms with van der Waals surface area (Å²) in [6, 6.07) is 4.70. The smallest absolute Gasteiger partial charge is 0.157 e. The first-order chi connectivity index (χ1) is 6.15. The van der Waals surface area contributed by atoms with Gasteiger partial charge in [-0.1, -0.05) is 6.07 Å². The summed E-state index contributed by atoms with van der Waals surface area (Å²) in [5.41, 5.74) is 0.858. The van der Waals surface area contributed by atoms with Crippen molar-refractivity contribution in [3.05, 3.63) is 23.8 Å². The van der Waals surface area contributed by atoms with E-state index in [1.54, 1.807) is 6.07 Å². The van der Waals surface area contributed by atoms with Crippen LogP contribution in [0.4, 0.5) is 0 Å². The Kier molecular flexibility index (Phi) is 3.14. The molecule has 1 atom stereocenters. The van der Waals surface area contributed by atoms with Crippen LogP contribution in [0.3, 0.4) is 0 Å². The number of phenolic OH excluding ortho intramolecular Hbond substituents is 2. The number of phenols is 2. The van der Waals surface area contributed by atoms with E-state index < -0.39 is 0 Å². The first-order valence-electron chi connectivity index (χ1n) is 4.28. The van der Waals surface area contributed by atoms with E-state index >= 15 is 0 Å². The molecule has 0 fully saturated rings. The van der Waals surface area contributed by atoms with E-state index in [-0.39, 0.29) is 17.6 Å². The number of aromatic hydroxyl groups is 2. The number of rotatable bonds is 3. The van der Waals surface area contributed by atoms with Gasteiger partial charge in [0.05, 0.1) is 6.10 Å². The average Bonchev–Trinajstić information content (AvgIpc) is 2.10. The Morgan fingerprint density at radius 2 is 2.00 bits per heavy atom. The van der Waals surface area contributed by atoms with Gasteiger partial charge in [0, 0.05) is 6.61 Å². The maximum atomic E-state index is 9.21. The Bertz CT molecular complexity index is 283. The second kappa shape index (κ2) is 4.14. The Morgan fingerprint density at radius 3 is 2.54 bits per heavy atom. The van der Waals surface area contributed by atoms with Crippen LogP contribution in [-0.4, -0.2) is 16.8 Å². The zero-order valence-electron chi connectivity index (χ0n) is 7.82. The van der Waals surface area contributed by atoms with Crippen molar-refractivity contribution in [1.82, 2.24) is 0 Å². The predicted molar refractivity (Wildman–Crippen MR) is 49.8 cm³/mol. The first kappa shape index (κ1) is 9.86. The van der Waals surface area contributed by atoms with Gasteiger partial charge in [0.1, 0.15) is 0 Å². The molecular weight excluding hydrogens is 168 g/mol. The molecule has 1 aromatic carbocycles. The highest BCUT2D eigenvalue weighted by Crippen LogP contribution is 2.28. The minimum absolute atomic E-state index is 0.0588. The summed E-state index contributed by atoms with van der Waals surface area (Å²) in [7, 11) is 0. The Morgan fingerprint density at radius 1 is 1.31 bits per heavy atom. The number of benzene rings is 1. The molecule has 3 heteroatoms. The summed E-state index contributed by atoms with van der Waals surface area (Å²) in [5, 5.41) is 18.3. The molecule has 0 saturated carbocycles. The van der Waals surface area contributed by atoms with Gasteiger partial charge in [-0.3, -0.25) is 0 Å². The van der Waals surface area contributed by atoms with Gasteiger partial charge in [-0.15, -0.1) is 0 Å². The van der Waals surface area contributed by atoms with E-state index in [4.69, 9.17) is 9.84 Å². The number of hydrogen-bond donors (Lipinski definition) is 2. The molecule has 2 N–H and O–H groups in total. The minimum atomic E-state index is -0.107. The third-order valence-corrected chi connectivity index (χ3v) is 1.89. The molecule has 1 unspecified atom stereocenters. The lowest BCUT2D eigenvalue weighted by atomic mass is 10.1. The zero-order valence-corrected chi connectivity index (χ0v) is 7.82. The van der Waals surface area contributed by atoms with Crippen LogP contribution in [0, 0.1) is 0 Å². The van der Waals surface area contributed by atoms with Gasteiger partial charge in [0.2, 0.25) is 0 Å². The van der Waals surface area contributed by atoms with Crippen LogP contribution >= 0.6 is 0 Å². The molecule has 0 aliphatic rings. The maximum absolute atomic E-state index is 9.21. The van der Waals surface area contributed by atoms with E-state index in [1.807, 2.05) is 13.8 Å². The molecule has 0 spiro atoms. The van der Waals surface area contributed by atoms with Gasteiger partial charge in [-0.05, 0) is 31.5 Å². The number of hydrogen-bond acceptors (Lipinski definition) is 3. The molecular formula is C10H14O3. The van der Waals surface area contributed by atoms with Crippen LogP contribution in [0.15, 0.2) is 18.2 Å². The van der Waals surface area contributed by atoms with Crippen LogP contribution in [0.25, 0.3) is 0 Å². The fourth-order valence-corrected chi connectivity index (χ4v) is 1.14. The van der Waals surface area contributed by atoms with Crippen molar-refractivity contribution in [1.29, 1.82) is 0 Å². The zero-order chi connectivity index (χ0) is 9.84. The largest absolute Gasteiger partial charge is 0.504 e. The van der Waals surface area contributed by atoms with Gasteiger partial charge in [0.25, 0.3) is 0 Å². The van der Waals surface area contributed by atoms with Crippen molar-refractivity contribution >= 4 is 0 Å². The normalized spacial score (nSPS) is 12.8. The summed E-state index contributed by atoms with van der Waals surface area (Å²) in [6.07, 6.45) is -0.0588. The Labute approximate surface area is 77.6 Å². The molecule has 0 heterocycles. The van der Waals surface area contributed by atoms with E-state index in [0.29, 0.717) is 6.61 Å². The van der Waals surface area contributed by atoms with Gasteiger partial charge >= 0.3 is 0 Å². The highest BCUT2D eigenvalue weighted by molar-refractivity contribution is 5.41. The van der Waals surface area contributed by atoms with Crippen molar-refractivity contribution in [3.63, 3.8) is 0 Å². The van der Waals surface area contributed by atoms with Crippen molar-refractivity contribution in [3.8, 4) is 11.5 Å². The molecule has 0 aromatic heterocycles. The summed E-state index contributed by atoms with van der Waals surface area (Å²) in [4.78, 5) is 0. The summed E-state index contributed by atoms with van der Waals surface area (Å²) < 4.78 is 5.33. The molecule has 0 radical (unpaired) electrons. The Hall–Kier alpha value is -1.22. The van der Waals surface area contributed by atoms with Gasteiger partial charge in [-0.25, -0.2) is 0 Å². The first-order valence-corrected chi connectivity index (χ1v) is 4.28.